The average molecular weight is 580 g/mol. The number of rotatable bonds is 6. The molecule has 6 rings (SSSR count). The third-order valence-corrected chi connectivity index (χ3v) is 9.30. The van der Waals surface area contributed by atoms with Gasteiger partial charge in [0, 0.05) is 33.5 Å². The Labute approximate surface area is 234 Å². The molecule has 1 saturated heterocycles. The molecule has 2 aliphatic rings. The standard InChI is InChI=1S/C27H18ClN3O6S2/c28-15-6-4-5-14(11-15)13-37-19-10-9-17(31(35)36)12-18(19)20-21-23(38-24-22(20)39-27(34)29-24)26(33)30(25(21)32)16-7-2-1-3-8-16/h1-12,20-21,23H,13H2,(H,29,34)/t20-,21?,23?/m1/s1. The third-order valence-electron chi connectivity index (χ3n) is 6.66. The number of nitrogens with one attached hydrogen (secondary N) is 1. The molecule has 0 bridgehead atoms. The summed E-state index contributed by atoms with van der Waals surface area (Å²) in [6, 6.07) is 19.9. The van der Waals surface area contributed by atoms with Gasteiger partial charge in [-0.15, -0.1) is 0 Å². The summed E-state index contributed by atoms with van der Waals surface area (Å²) in [5.74, 6) is -2.27. The fraction of sp³-hybridized carbons (Fsp3) is 0.148. The monoisotopic (exact) mass is 579 g/mol. The number of nitro groups is 1. The van der Waals surface area contributed by atoms with Crippen LogP contribution in [0.3, 0.4) is 0 Å². The fourth-order valence-electron chi connectivity index (χ4n) is 5.00. The number of benzene rings is 3. The molecule has 1 N–H and O–H groups in total. The molecule has 0 aliphatic carbocycles. The number of aromatic nitrogens is 1. The van der Waals surface area contributed by atoms with Crippen LogP contribution in [0.5, 0.6) is 5.75 Å². The van der Waals surface area contributed by atoms with Gasteiger partial charge in [0.2, 0.25) is 11.8 Å². The Morgan fingerprint density at radius 1 is 1.00 bits per heavy atom. The fourth-order valence-corrected chi connectivity index (χ4v) is 7.71. The van der Waals surface area contributed by atoms with Crippen molar-refractivity contribution in [2.75, 3.05) is 4.90 Å². The van der Waals surface area contributed by atoms with Crippen LogP contribution in [0.1, 0.15) is 21.9 Å². The van der Waals surface area contributed by atoms with E-state index in [2.05, 4.69) is 4.98 Å². The lowest BCUT2D eigenvalue weighted by molar-refractivity contribution is -0.385. The van der Waals surface area contributed by atoms with Crippen LogP contribution in [0.15, 0.2) is 82.6 Å². The number of carbonyl (C=O) groups excluding carboxylic acids is 2. The van der Waals surface area contributed by atoms with Crippen molar-refractivity contribution in [3.8, 4) is 5.75 Å². The number of amides is 2. The van der Waals surface area contributed by atoms with Crippen molar-refractivity contribution in [2.24, 2.45) is 5.92 Å². The van der Waals surface area contributed by atoms with Gasteiger partial charge in [0.1, 0.15) is 17.6 Å². The molecule has 2 amide bonds. The first-order chi connectivity index (χ1) is 18.8. The lowest BCUT2D eigenvalue weighted by Gasteiger charge is -2.30. The first kappa shape index (κ1) is 25.4. The molecule has 1 aromatic heterocycles. The van der Waals surface area contributed by atoms with Crippen molar-refractivity contribution in [1.82, 2.24) is 4.98 Å². The summed E-state index contributed by atoms with van der Waals surface area (Å²) in [4.78, 5) is 55.3. The van der Waals surface area contributed by atoms with Crippen LogP contribution in [0.4, 0.5) is 11.4 Å². The minimum absolute atomic E-state index is 0.111. The van der Waals surface area contributed by atoms with Crippen molar-refractivity contribution >= 4 is 57.9 Å². The van der Waals surface area contributed by atoms with E-state index in [-0.39, 0.29) is 17.2 Å². The molecule has 3 aromatic carbocycles. The van der Waals surface area contributed by atoms with Gasteiger partial charge in [-0.3, -0.25) is 24.5 Å². The molecule has 2 unspecified atom stereocenters. The number of para-hydroxylation sites is 1. The number of nitro benzene ring substituents is 1. The van der Waals surface area contributed by atoms with Crippen LogP contribution in [0.2, 0.25) is 5.02 Å². The molecule has 3 heterocycles. The Morgan fingerprint density at radius 2 is 1.79 bits per heavy atom. The number of imide groups is 1. The average Bonchev–Trinajstić information content (AvgIpc) is 3.42. The maximum absolute atomic E-state index is 13.9. The van der Waals surface area contributed by atoms with Crippen LogP contribution in [0.25, 0.3) is 0 Å². The number of halogens is 1. The first-order valence-electron chi connectivity index (χ1n) is 11.8. The molecular formula is C27H18ClN3O6S2. The van der Waals surface area contributed by atoms with Gasteiger partial charge in [0.25, 0.3) is 5.69 Å². The van der Waals surface area contributed by atoms with Gasteiger partial charge < -0.3 is 9.72 Å². The zero-order valence-electron chi connectivity index (χ0n) is 19.9. The lowest BCUT2D eigenvalue weighted by Crippen LogP contribution is -2.32. The zero-order chi connectivity index (χ0) is 27.3. The molecule has 39 heavy (non-hydrogen) atoms. The highest BCUT2D eigenvalue weighted by atomic mass is 35.5. The highest BCUT2D eigenvalue weighted by Crippen LogP contribution is 2.55. The van der Waals surface area contributed by atoms with Crippen molar-refractivity contribution in [2.45, 2.75) is 22.8 Å². The molecule has 2 aliphatic heterocycles. The molecular weight excluding hydrogens is 562 g/mol. The number of aromatic amines is 1. The number of hydrogen-bond acceptors (Lipinski definition) is 8. The second-order valence-electron chi connectivity index (χ2n) is 9.00. The van der Waals surface area contributed by atoms with Crippen LogP contribution in [-0.2, 0) is 16.2 Å². The number of ether oxygens (including phenoxy) is 1. The number of fused-ring (bicyclic) bond motifs is 2. The lowest BCUT2D eigenvalue weighted by atomic mass is 9.82. The van der Waals surface area contributed by atoms with Crippen LogP contribution >= 0.6 is 34.7 Å². The molecule has 0 radical (unpaired) electrons. The Balaban J connectivity index is 1.48. The van der Waals surface area contributed by atoms with E-state index in [0.29, 0.717) is 31.9 Å². The number of hydrogen-bond donors (Lipinski definition) is 1. The molecule has 196 valence electrons. The number of anilines is 1. The normalized spacial score (nSPS) is 20.0. The van der Waals surface area contributed by atoms with E-state index in [1.807, 2.05) is 6.07 Å². The predicted molar refractivity (Wildman–Crippen MR) is 148 cm³/mol. The summed E-state index contributed by atoms with van der Waals surface area (Å²) in [5.41, 5.74) is 1.37. The van der Waals surface area contributed by atoms with Crippen LogP contribution < -0.4 is 14.5 Å². The smallest absolute Gasteiger partial charge is 0.305 e. The summed E-state index contributed by atoms with van der Waals surface area (Å²) in [6.07, 6.45) is 0. The van der Waals surface area contributed by atoms with Gasteiger partial charge in [0.15, 0.2) is 0 Å². The molecule has 4 aromatic rings. The molecule has 12 heteroatoms. The molecule has 9 nitrogen and oxygen atoms in total. The van der Waals surface area contributed by atoms with Crippen LogP contribution in [0, 0.1) is 16.0 Å². The first-order valence-corrected chi connectivity index (χ1v) is 13.9. The van der Waals surface area contributed by atoms with Crippen molar-refractivity contribution < 1.29 is 19.2 Å². The van der Waals surface area contributed by atoms with Crippen LogP contribution in [-0.4, -0.2) is 27.0 Å². The van der Waals surface area contributed by atoms with E-state index in [1.165, 1.54) is 18.2 Å². The quantitative estimate of drug-likeness (QED) is 0.185. The van der Waals surface area contributed by atoms with E-state index in [0.717, 1.165) is 33.6 Å². The minimum Gasteiger partial charge on any atom is -0.489 e. The van der Waals surface area contributed by atoms with Gasteiger partial charge in [-0.2, -0.15) is 0 Å². The summed E-state index contributed by atoms with van der Waals surface area (Å²) in [6.45, 7) is 0.111. The van der Waals surface area contributed by atoms with Crippen molar-refractivity contribution in [1.29, 1.82) is 0 Å². The SMILES string of the molecule is O=C1C2Sc3[nH]c(=O)sc3[C@H](c3cc([N+](=O)[O-])ccc3OCc3cccc(Cl)c3)C2C(=O)N1c1ccccc1. The Morgan fingerprint density at radius 3 is 2.54 bits per heavy atom. The highest BCUT2D eigenvalue weighted by molar-refractivity contribution is 8.00. The van der Waals surface area contributed by atoms with Gasteiger partial charge >= 0.3 is 4.87 Å². The van der Waals surface area contributed by atoms with Crippen molar-refractivity contribution in [3.63, 3.8) is 0 Å². The topological polar surface area (TPSA) is 123 Å². The summed E-state index contributed by atoms with van der Waals surface area (Å²) >= 11 is 8.17. The zero-order valence-corrected chi connectivity index (χ0v) is 22.3. The third kappa shape index (κ3) is 4.52. The number of thioether (sulfide) groups is 1. The van der Waals surface area contributed by atoms with E-state index < -0.39 is 33.8 Å². The van der Waals surface area contributed by atoms with Gasteiger partial charge in [0.05, 0.1) is 21.6 Å². The summed E-state index contributed by atoms with van der Waals surface area (Å²) < 4.78 is 6.13. The van der Waals surface area contributed by atoms with Gasteiger partial charge in [-0.1, -0.05) is 65.0 Å². The Hall–Kier alpha value is -3.93. The number of carbonyl (C=O) groups is 2. The van der Waals surface area contributed by atoms with E-state index in [1.54, 1.807) is 48.5 Å². The number of non-ortho nitro benzene ring substituents is 1. The second kappa shape index (κ2) is 9.99. The largest absolute Gasteiger partial charge is 0.489 e. The number of thiazole rings is 1. The number of H-pyrrole nitrogens is 1. The Bertz CT molecular complexity index is 1690. The summed E-state index contributed by atoms with van der Waals surface area (Å²) in [7, 11) is 0. The molecule has 0 spiro atoms. The predicted octanol–water partition coefficient (Wildman–Crippen LogP) is 5.37. The van der Waals surface area contributed by atoms with E-state index in [9.17, 15) is 24.5 Å². The molecule has 3 atom stereocenters. The summed E-state index contributed by atoms with van der Waals surface area (Å²) in [5, 5.41) is 11.9. The maximum Gasteiger partial charge on any atom is 0.305 e. The number of nitrogens with zero attached hydrogens (tertiary/aromatic N) is 2. The van der Waals surface area contributed by atoms with Crippen molar-refractivity contribution in [3.05, 3.63) is 114 Å². The van der Waals surface area contributed by atoms with E-state index in [4.69, 9.17) is 16.3 Å². The Kier molecular flexibility index (Phi) is 6.49. The molecule has 1 fully saturated rings. The van der Waals surface area contributed by atoms with Gasteiger partial charge in [-0.05, 0) is 35.9 Å². The van der Waals surface area contributed by atoms with Gasteiger partial charge in [-0.25, -0.2) is 4.90 Å². The van der Waals surface area contributed by atoms with E-state index >= 15 is 0 Å². The highest BCUT2D eigenvalue weighted by Gasteiger charge is 2.57. The minimum atomic E-state index is -0.905. The second-order valence-corrected chi connectivity index (χ2v) is 11.6. The molecule has 0 saturated carbocycles. The maximum atomic E-state index is 13.9.